The third-order valence-electron chi connectivity index (χ3n) is 7.20. The summed E-state index contributed by atoms with van der Waals surface area (Å²) < 4.78 is 40.4. The Balaban J connectivity index is 1.26. The molecular formula is C29H35F2N5O6. The van der Waals surface area contributed by atoms with Gasteiger partial charge in [-0.2, -0.15) is 0 Å². The van der Waals surface area contributed by atoms with Crippen molar-refractivity contribution in [3.05, 3.63) is 59.4 Å². The van der Waals surface area contributed by atoms with Gasteiger partial charge in [0, 0.05) is 58.0 Å². The number of piperazine rings is 1. The van der Waals surface area contributed by atoms with Crippen LogP contribution in [0.3, 0.4) is 0 Å². The van der Waals surface area contributed by atoms with Gasteiger partial charge in [0.1, 0.15) is 23.4 Å². The van der Waals surface area contributed by atoms with Crippen LogP contribution in [0, 0.1) is 17.6 Å². The number of hydrogen-bond donors (Lipinski definition) is 2. The molecule has 2 N–H and O–H groups in total. The number of hydrogen-bond acceptors (Lipinski definition) is 8. The molecule has 2 aliphatic rings. The zero-order valence-corrected chi connectivity index (χ0v) is 23.4. The van der Waals surface area contributed by atoms with E-state index in [9.17, 15) is 19.2 Å². The number of ether oxygens (including phenoxy) is 2. The highest BCUT2D eigenvalue weighted by Gasteiger charge is 2.30. The Bertz CT molecular complexity index is 1250. The summed E-state index contributed by atoms with van der Waals surface area (Å²) in [5, 5.41) is 5.23. The lowest BCUT2D eigenvalue weighted by Crippen LogP contribution is -2.49. The van der Waals surface area contributed by atoms with E-state index in [-0.39, 0.29) is 75.5 Å². The van der Waals surface area contributed by atoms with E-state index in [4.69, 9.17) is 9.47 Å². The number of aromatic nitrogens is 1. The molecule has 0 aliphatic carbocycles. The minimum Gasteiger partial charge on any atom is -0.460 e. The normalized spacial score (nSPS) is 18.7. The van der Waals surface area contributed by atoms with Gasteiger partial charge in [0.2, 0.25) is 5.91 Å². The highest BCUT2D eigenvalue weighted by atomic mass is 19.1. The fraction of sp³-hybridized carbons (Fsp3) is 0.483. The fourth-order valence-electron chi connectivity index (χ4n) is 5.22. The van der Waals surface area contributed by atoms with E-state index in [0.717, 1.165) is 0 Å². The molecule has 2 aliphatic heterocycles. The van der Waals surface area contributed by atoms with Crippen LogP contribution in [0.4, 0.5) is 19.3 Å². The number of amides is 3. The first-order valence-corrected chi connectivity index (χ1v) is 14.0. The Hall–Kier alpha value is -4.29. The smallest absolute Gasteiger partial charge is 0.407 e. The Morgan fingerprint density at radius 2 is 1.86 bits per heavy atom. The van der Waals surface area contributed by atoms with Crippen LogP contribution >= 0.6 is 0 Å². The molecule has 3 heterocycles. The molecule has 13 heteroatoms. The van der Waals surface area contributed by atoms with Crippen molar-refractivity contribution < 1.29 is 37.4 Å². The van der Waals surface area contributed by atoms with Gasteiger partial charge in [-0.25, -0.2) is 13.6 Å². The number of halogens is 2. The number of nitrogens with one attached hydrogen (secondary N) is 2. The minimum absolute atomic E-state index is 0.0945. The first kappa shape index (κ1) is 30.7. The third-order valence-corrected chi connectivity index (χ3v) is 7.20. The van der Waals surface area contributed by atoms with Gasteiger partial charge in [0.25, 0.3) is 5.91 Å². The predicted molar refractivity (Wildman–Crippen MR) is 148 cm³/mol. The van der Waals surface area contributed by atoms with Gasteiger partial charge in [-0.1, -0.05) is 0 Å². The average Bonchev–Trinajstić information content (AvgIpc) is 2.96. The minimum atomic E-state index is -0.707. The molecule has 2 unspecified atom stereocenters. The molecule has 11 nitrogen and oxygen atoms in total. The number of nitrogens with zero attached hydrogens (tertiary/aromatic N) is 3. The summed E-state index contributed by atoms with van der Waals surface area (Å²) >= 11 is 0. The molecule has 0 spiro atoms. The van der Waals surface area contributed by atoms with E-state index in [2.05, 4.69) is 15.6 Å². The SMILES string of the molecule is CCOC(=O)NCC1CC(Cc2cc(F)c(N3CCN(C(=O)CCNC(=O)c4cccnc4)CC3)c(F)c2)CC(=O)O1. The summed E-state index contributed by atoms with van der Waals surface area (Å²) in [6.45, 7) is 3.25. The fourth-order valence-corrected chi connectivity index (χ4v) is 5.22. The highest BCUT2D eigenvalue weighted by Crippen LogP contribution is 2.30. The molecule has 2 saturated heterocycles. The monoisotopic (exact) mass is 587 g/mol. The number of carbonyl (C=O) groups excluding carboxylic acids is 4. The zero-order valence-electron chi connectivity index (χ0n) is 23.4. The maximum absolute atomic E-state index is 15.2. The number of anilines is 1. The summed E-state index contributed by atoms with van der Waals surface area (Å²) in [6.07, 6.45) is 2.79. The first-order chi connectivity index (χ1) is 20.2. The first-order valence-electron chi connectivity index (χ1n) is 14.0. The third kappa shape index (κ3) is 8.37. The maximum atomic E-state index is 15.2. The molecule has 3 amide bonds. The van der Waals surface area contributed by atoms with Gasteiger partial charge < -0.3 is 29.9 Å². The van der Waals surface area contributed by atoms with Crippen LogP contribution in [-0.2, 0) is 25.5 Å². The number of benzene rings is 1. The van der Waals surface area contributed by atoms with Crippen LogP contribution in [0.1, 0.15) is 42.1 Å². The molecule has 0 saturated carbocycles. The topological polar surface area (TPSA) is 130 Å². The van der Waals surface area contributed by atoms with Gasteiger partial charge in [0.05, 0.1) is 18.7 Å². The second-order valence-corrected chi connectivity index (χ2v) is 10.2. The number of carbonyl (C=O) groups is 4. The number of alkyl carbamates (subject to hydrolysis) is 1. The van der Waals surface area contributed by atoms with Gasteiger partial charge in [0.15, 0.2) is 0 Å². The highest BCUT2D eigenvalue weighted by molar-refractivity contribution is 5.94. The second-order valence-electron chi connectivity index (χ2n) is 10.2. The van der Waals surface area contributed by atoms with Gasteiger partial charge in [-0.05, 0) is 55.5 Å². The van der Waals surface area contributed by atoms with Crippen LogP contribution in [-0.4, -0.2) is 85.7 Å². The molecule has 42 heavy (non-hydrogen) atoms. The van der Waals surface area contributed by atoms with Crippen molar-refractivity contribution in [1.29, 1.82) is 0 Å². The maximum Gasteiger partial charge on any atom is 0.407 e. The summed E-state index contributed by atoms with van der Waals surface area (Å²) in [5.41, 5.74) is 0.684. The Morgan fingerprint density at radius 1 is 1.12 bits per heavy atom. The molecule has 226 valence electrons. The number of cyclic esters (lactones) is 1. The number of esters is 1. The van der Waals surface area contributed by atoms with Gasteiger partial charge in [-0.15, -0.1) is 0 Å². The van der Waals surface area contributed by atoms with Crippen LogP contribution in [0.15, 0.2) is 36.7 Å². The predicted octanol–water partition coefficient (Wildman–Crippen LogP) is 2.44. The van der Waals surface area contributed by atoms with E-state index in [0.29, 0.717) is 30.6 Å². The van der Waals surface area contributed by atoms with Crippen molar-refractivity contribution in [2.75, 3.05) is 50.8 Å². The molecule has 2 aromatic rings. The van der Waals surface area contributed by atoms with Crippen LogP contribution in [0.2, 0.25) is 0 Å². The standard InChI is InChI=1S/C29H35F2N5O6/c1-2-41-29(40)34-18-22-13-19(16-26(38)42-22)12-20-14-23(30)27(24(31)15-20)36-10-8-35(9-11-36)25(37)5-7-33-28(39)21-4-3-6-32-17-21/h3-4,6,14-15,17,19,22H,2,5,7-13,16,18H2,1H3,(H,33,39)(H,34,40). The van der Waals surface area contributed by atoms with E-state index >= 15 is 8.78 Å². The molecule has 2 fully saturated rings. The van der Waals surface area contributed by atoms with E-state index in [1.165, 1.54) is 18.3 Å². The second kappa shape index (κ2) is 14.6. The zero-order chi connectivity index (χ0) is 30.1. The average molecular weight is 588 g/mol. The Morgan fingerprint density at radius 3 is 2.52 bits per heavy atom. The Kier molecular flexibility index (Phi) is 10.6. The van der Waals surface area contributed by atoms with Crippen molar-refractivity contribution in [3.8, 4) is 0 Å². The molecule has 0 bridgehead atoms. The number of pyridine rings is 1. The molecule has 2 atom stereocenters. The molecule has 1 aromatic carbocycles. The summed E-state index contributed by atoms with van der Waals surface area (Å²) in [5.74, 6) is -2.51. The van der Waals surface area contributed by atoms with Crippen molar-refractivity contribution in [1.82, 2.24) is 20.5 Å². The number of rotatable bonds is 10. The summed E-state index contributed by atoms with van der Waals surface area (Å²) in [4.78, 5) is 55.4. The summed E-state index contributed by atoms with van der Waals surface area (Å²) in [7, 11) is 0. The van der Waals surface area contributed by atoms with E-state index < -0.39 is 29.8 Å². The molecular weight excluding hydrogens is 552 g/mol. The lowest BCUT2D eigenvalue weighted by atomic mass is 9.88. The Labute approximate surface area is 242 Å². The molecule has 1 aromatic heterocycles. The van der Waals surface area contributed by atoms with Gasteiger partial charge >= 0.3 is 12.1 Å². The largest absolute Gasteiger partial charge is 0.460 e. The van der Waals surface area contributed by atoms with E-state index in [1.807, 2.05) is 0 Å². The lowest BCUT2D eigenvalue weighted by molar-refractivity contribution is -0.156. The molecule has 0 radical (unpaired) electrons. The van der Waals surface area contributed by atoms with Crippen LogP contribution in [0.25, 0.3) is 0 Å². The summed E-state index contributed by atoms with van der Waals surface area (Å²) in [6, 6.07) is 5.85. The quantitative estimate of drug-likeness (QED) is 0.406. The van der Waals surface area contributed by atoms with Crippen molar-refractivity contribution >= 4 is 29.6 Å². The van der Waals surface area contributed by atoms with Crippen LogP contribution < -0.4 is 15.5 Å². The molecule has 4 rings (SSSR count). The van der Waals surface area contributed by atoms with Crippen molar-refractivity contribution in [3.63, 3.8) is 0 Å². The van der Waals surface area contributed by atoms with Crippen molar-refractivity contribution in [2.24, 2.45) is 5.92 Å². The van der Waals surface area contributed by atoms with E-state index in [1.54, 1.807) is 35.1 Å². The lowest BCUT2D eigenvalue weighted by Gasteiger charge is -2.36. The van der Waals surface area contributed by atoms with Gasteiger partial charge in [-0.3, -0.25) is 19.4 Å². The van der Waals surface area contributed by atoms with Crippen molar-refractivity contribution in [2.45, 2.75) is 38.7 Å². The van der Waals surface area contributed by atoms with Crippen LogP contribution in [0.5, 0.6) is 0 Å².